The molecule has 0 bridgehead atoms. The first kappa shape index (κ1) is 14.9. The summed E-state index contributed by atoms with van der Waals surface area (Å²) in [5, 5.41) is 18.4. The van der Waals surface area contributed by atoms with Gasteiger partial charge in [0.1, 0.15) is 17.4 Å². The third-order valence-corrected chi connectivity index (χ3v) is 4.52. The van der Waals surface area contributed by atoms with Crippen molar-refractivity contribution in [2.45, 2.75) is 18.9 Å². The standard InChI is InChI=1S/C18H14N6O2/c25-17(26)9-1-4-12-13-8-19-18(22-11-2-3-11)24-16(13)15(23-14(12)5-9)10-6-20-21-7-10/h1,4-8,11H,2-3H2,(H,20,21)(H,25,26)(H,19,22,24)/p+1. The maximum atomic E-state index is 11.3. The highest BCUT2D eigenvalue weighted by Gasteiger charge is 2.23. The molecule has 1 saturated carbocycles. The third-order valence-electron chi connectivity index (χ3n) is 4.52. The van der Waals surface area contributed by atoms with Gasteiger partial charge in [-0.25, -0.2) is 19.7 Å². The second-order valence-electron chi connectivity index (χ2n) is 6.42. The maximum absolute atomic E-state index is 11.3. The molecule has 0 atom stereocenters. The van der Waals surface area contributed by atoms with Crippen LogP contribution in [0.5, 0.6) is 0 Å². The molecule has 8 heteroatoms. The van der Waals surface area contributed by atoms with E-state index in [0.717, 1.165) is 34.7 Å². The van der Waals surface area contributed by atoms with E-state index < -0.39 is 5.97 Å². The van der Waals surface area contributed by atoms with E-state index in [4.69, 9.17) is 9.97 Å². The Kier molecular flexibility index (Phi) is 3.19. The number of nitrogens with zero attached hydrogens (tertiary/aromatic N) is 4. The van der Waals surface area contributed by atoms with E-state index >= 15 is 0 Å². The monoisotopic (exact) mass is 347 g/mol. The molecule has 1 aromatic carbocycles. The molecule has 0 saturated heterocycles. The van der Waals surface area contributed by atoms with Crippen molar-refractivity contribution in [1.29, 1.82) is 0 Å². The van der Waals surface area contributed by atoms with Crippen LogP contribution in [0.3, 0.4) is 0 Å². The maximum Gasteiger partial charge on any atom is 0.335 e. The van der Waals surface area contributed by atoms with Crippen LogP contribution in [0.2, 0.25) is 0 Å². The third kappa shape index (κ3) is 2.47. The predicted octanol–water partition coefficient (Wildman–Crippen LogP) is 1.35. The summed E-state index contributed by atoms with van der Waals surface area (Å²) in [6.07, 6.45) is 7.64. The van der Waals surface area contributed by atoms with Crippen molar-refractivity contribution in [3.8, 4) is 0 Å². The summed E-state index contributed by atoms with van der Waals surface area (Å²) in [4.78, 5) is 25.1. The number of carboxylic acids is 1. The van der Waals surface area contributed by atoms with E-state index in [0.29, 0.717) is 23.2 Å². The van der Waals surface area contributed by atoms with Crippen molar-refractivity contribution in [3.63, 3.8) is 0 Å². The number of hydrogen-bond acceptors (Lipinski definition) is 6. The van der Waals surface area contributed by atoms with Gasteiger partial charge in [0.25, 0.3) is 0 Å². The van der Waals surface area contributed by atoms with E-state index in [1.54, 1.807) is 36.0 Å². The van der Waals surface area contributed by atoms with Crippen LogP contribution in [-0.4, -0.2) is 38.3 Å². The molecule has 2 aromatic heterocycles. The van der Waals surface area contributed by atoms with Gasteiger partial charge in [0, 0.05) is 23.0 Å². The number of nitrogens with two attached hydrogens (primary N) is 1. The Balaban J connectivity index is 1.79. The van der Waals surface area contributed by atoms with Gasteiger partial charge in [0.05, 0.1) is 22.9 Å². The number of rotatable bonds is 4. The zero-order valence-electron chi connectivity index (χ0n) is 13.7. The van der Waals surface area contributed by atoms with Crippen LogP contribution in [0.1, 0.15) is 28.9 Å². The van der Waals surface area contributed by atoms with Gasteiger partial charge in [-0.05, 0) is 25.0 Å². The van der Waals surface area contributed by atoms with E-state index in [2.05, 4.69) is 15.4 Å². The molecule has 8 nitrogen and oxygen atoms in total. The minimum Gasteiger partial charge on any atom is -0.478 e. The minimum absolute atomic E-state index is 0.198. The number of hydrogen-bond donors (Lipinski definition) is 3. The molecule has 1 aliphatic carbocycles. The molecule has 128 valence electrons. The lowest BCUT2D eigenvalue weighted by molar-refractivity contribution is -0.589. The second-order valence-corrected chi connectivity index (χ2v) is 6.42. The number of anilines is 1. The summed E-state index contributed by atoms with van der Waals surface area (Å²) in [6.45, 7) is 0. The molecular weight excluding hydrogens is 332 g/mol. The van der Waals surface area contributed by atoms with Gasteiger partial charge in [0.15, 0.2) is 0 Å². The first-order valence-electron chi connectivity index (χ1n) is 8.36. The molecular formula is C18H15N6O2+. The topological polar surface area (TPSA) is 117 Å². The van der Waals surface area contributed by atoms with E-state index in [1.807, 2.05) is 6.20 Å². The molecule has 1 aliphatic heterocycles. The van der Waals surface area contributed by atoms with E-state index in [-0.39, 0.29) is 5.56 Å². The van der Waals surface area contributed by atoms with Crippen LogP contribution >= 0.6 is 0 Å². The molecule has 1 fully saturated rings. The number of fused-ring (bicyclic) bond motifs is 3. The van der Waals surface area contributed by atoms with Gasteiger partial charge < -0.3 is 10.4 Å². The smallest absolute Gasteiger partial charge is 0.335 e. The Morgan fingerprint density at radius 1 is 1.23 bits per heavy atom. The van der Waals surface area contributed by atoms with Crippen molar-refractivity contribution in [2.75, 3.05) is 5.32 Å². The van der Waals surface area contributed by atoms with E-state index in [9.17, 15) is 9.90 Å². The van der Waals surface area contributed by atoms with Crippen LogP contribution < -0.4 is 10.7 Å². The molecule has 3 aromatic rings. The number of carboxylic acid groups (broad SMARTS) is 1. The Bertz CT molecular complexity index is 1130. The minimum atomic E-state index is -0.981. The van der Waals surface area contributed by atoms with Crippen LogP contribution in [0, 0.1) is 0 Å². The fraction of sp³-hybridized carbons (Fsp3) is 0.167. The summed E-state index contributed by atoms with van der Waals surface area (Å²) < 4.78 is 0. The SMILES string of the molecule is O=C(O)c1ccc2c(c1)nc(C1=C[NH2+]N=C1)c1nc(NC3CC3)ncc12. The van der Waals surface area contributed by atoms with Gasteiger partial charge in [-0.1, -0.05) is 11.2 Å². The fourth-order valence-electron chi connectivity index (χ4n) is 3.03. The zero-order valence-corrected chi connectivity index (χ0v) is 13.7. The summed E-state index contributed by atoms with van der Waals surface area (Å²) in [5.74, 6) is -0.394. The number of allylic oxidation sites excluding steroid dienone is 1. The molecule has 4 N–H and O–H groups in total. The Labute approximate surface area is 147 Å². The first-order valence-corrected chi connectivity index (χ1v) is 8.36. The number of pyridine rings is 1. The Hall–Kier alpha value is -3.39. The average Bonchev–Trinajstić information content (AvgIpc) is 3.29. The number of quaternary nitrogens is 1. The number of aromatic nitrogens is 3. The average molecular weight is 347 g/mol. The zero-order chi connectivity index (χ0) is 17.7. The number of aromatic carboxylic acids is 1. The Morgan fingerprint density at radius 2 is 2.12 bits per heavy atom. The molecule has 26 heavy (non-hydrogen) atoms. The summed E-state index contributed by atoms with van der Waals surface area (Å²) in [7, 11) is 0. The summed E-state index contributed by atoms with van der Waals surface area (Å²) in [5.41, 5.74) is 4.74. The molecule has 0 radical (unpaired) electrons. The van der Waals surface area contributed by atoms with Crippen molar-refractivity contribution >= 4 is 45.5 Å². The van der Waals surface area contributed by atoms with Gasteiger partial charge in [-0.15, -0.1) is 0 Å². The lowest BCUT2D eigenvalue weighted by atomic mass is 10.0. The highest BCUT2D eigenvalue weighted by molar-refractivity contribution is 6.17. The fourth-order valence-corrected chi connectivity index (χ4v) is 3.03. The number of carbonyl (C=O) groups is 1. The summed E-state index contributed by atoms with van der Waals surface area (Å²) in [6, 6.07) is 5.36. The largest absolute Gasteiger partial charge is 0.478 e. The van der Waals surface area contributed by atoms with Crippen molar-refractivity contribution < 1.29 is 15.3 Å². The van der Waals surface area contributed by atoms with Crippen LogP contribution in [0.25, 0.3) is 27.4 Å². The number of benzene rings is 1. The Morgan fingerprint density at radius 3 is 2.85 bits per heavy atom. The lowest BCUT2D eigenvalue weighted by Gasteiger charge is -2.10. The van der Waals surface area contributed by atoms with Crippen LogP contribution in [0.15, 0.2) is 35.7 Å². The van der Waals surface area contributed by atoms with Gasteiger partial charge >= 0.3 is 5.97 Å². The highest BCUT2D eigenvalue weighted by Crippen LogP contribution is 2.30. The molecule has 0 spiro atoms. The van der Waals surface area contributed by atoms with Crippen LogP contribution in [0.4, 0.5) is 5.95 Å². The normalized spacial score (nSPS) is 16.2. The predicted molar refractivity (Wildman–Crippen MR) is 96.8 cm³/mol. The summed E-state index contributed by atoms with van der Waals surface area (Å²) >= 11 is 0. The second kappa shape index (κ2) is 5.57. The highest BCUT2D eigenvalue weighted by atomic mass is 16.4. The molecule has 5 rings (SSSR count). The quantitative estimate of drug-likeness (QED) is 0.484. The van der Waals surface area contributed by atoms with Crippen molar-refractivity contribution in [1.82, 2.24) is 15.0 Å². The molecule has 2 aliphatic rings. The van der Waals surface area contributed by atoms with Gasteiger partial charge in [0.2, 0.25) is 5.95 Å². The lowest BCUT2D eigenvalue weighted by Crippen LogP contribution is -2.69. The number of nitrogens with one attached hydrogen (secondary N) is 1. The molecule has 3 heterocycles. The first-order chi connectivity index (χ1) is 12.7. The van der Waals surface area contributed by atoms with Gasteiger partial charge in [-0.3, -0.25) is 0 Å². The van der Waals surface area contributed by atoms with Crippen molar-refractivity contribution in [2.24, 2.45) is 5.10 Å². The van der Waals surface area contributed by atoms with Crippen molar-refractivity contribution in [3.05, 3.63) is 41.9 Å². The molecule has 0 amide bonds. The van der Waals surface area contributed by atoms with Crippen LogP contribution in [-0.2, 0) is 0 Å². The van der Waals surface area contributed by atoms with Gasteiger partial charge in [-0.2, -0.15) is 5.43 Å². The molecule has 0 unspecified atom stereocenters. The van der Waals surface area contributed by atoms with E-state index in [1.165, 1.54) is 0 Å².